The summed E-state index contributed by atoms with van der Waals surface area (Å²) < 4.78 is 6.36. The lowest BCUT2D eigenvalue weighted by Crippen LogP contribution is -2.48. The van der Waals surface area contributed by atoms with Crippen molar-refractivity contribution in [3.05, 3.63) is 58.8 Å². The van der Waals surface area contributed by atoms with E-state index in [2.05, 4.69) is 25.5 Å². The molecule has 0 aliphatic carbocycles. The Labute approximate surface area is 169 Å². The van der Waals surface area contributed by atoms with Gasteiger partial charge in [-0.25, -0.2) is 9.67 Å². The highest BCUT2D eigenvalue weighted by Gasteiger charge is 2.27. The van der Waals surface area contributed by atoms with Crippen LogP contribution in [0.15, 0.2) is 51.9 Å². The number of pyridine rings is 1. The molecular formula is C18H17BN6O5. The lowest BCUT2D eigenvalue weighted by molar-refractivity contribution is 0.0852. The van der Waals surface area contributed by atoms with E-state index in [1.807, 2.05) is 0 Å². The molecule has 4 aromatic rings. The van der Waals surface area contributed by atoms with Gasteiger partial charge in [-0.15, -0.1) is 0 Å². The second-order valence-electron chi connectivity index (χ2n) is 6.64. The van der Waals surface area contributed by atoms with Crippen molar-refractivity contribution in [1.29, 1.82) is 0 Å². The molecule has 0 spiro atoms. The fourth-order valence-electron chi connectivity index (χ4n) is 3.06. The van der Waals surface area contributed by atoms with Crippen LogP contribution in [0.3, 0.4) is 0 Å². The number of rotatable bonds is 6. The first kappa shape index (κ1) is 19.5. The molecule has 0 saturated carbocycles. The molecule has 1 unspecified atom stereocenters. The topological polar surface area (TPSA) is 159 Å². The summed E-state index contributed by atoms with van der Waals surface area (Å²) in [5.41, 5.74) is 0.410. The first-order valence-electron chi connectivity index (χ1n) is 9.08. The number of nitrogens with one attached hydrogen (secondary N) is 2. The van der Waals surface area contributed by atoms with E-state index in [0.717, 1.165) is 4.68 Å². The summed E-state index contributed by atoms with van der Waals surface area (Å²) in [4.78, 5) is 33.5. The third kappa shape index (κ3) is 3.86. The molecule has 11 nitrogen and oxygen atoms in total. The molecule has 1 aromatic carbocycles. The largest absolute Gasteiger partial charge is 0.506 e. The number of para-hydroxylation sites is 1. The number of carbonyl (C=O) groups is 1. The maximum absolute atomic E-state index is 13.1. The number of hydrogen-bond donors (Lipinski definition) is 4. The summed E-state index contributed by atoms with van der Waals surface area (Å²) in [6.45, 7) is 1.47. The van der Waals surface area contributed by atoms with Gasteiger partial charge in [0, 0.05) is 0 Å². The third-order valence-corrected chi connectivity index (χ3v) is 4.39. The normalized spacial score (nSPS) is 12.2. The molecule has 4 rings (SSSR count). The Morgan fingerprint density at radius 3 is 2.87 bits per heavy atom. The first-order chi connectivity index (χ1) is 14.4. The van der Waals surface area contributed by atoms with Gasteiger partial charge in [0.2, 0.25) is 11.7 Å². The number of benzene rings is 1. The summed E-state index contributed by atoms with van der Waals surface area (Å²) in [7, 11) is -1.01. The van der Waals surface area contributed by atoms with Crippen molar-refractivity contribution >= 4 is 23.9 Å². The fraction of sp³-hybridized carbons (Fsp3) is 0.167. The van der Waals surface area contributed by atoms with Crippen LogP contribution >= 0.6 is 0 Å². The van der Waals surface area contributed by atoms with E-state index in [1.165, 1.54) is 25.2 Å². The Morgan fingerprint density at radius 2 is 2.13 bits per heavy atom. The van der Waals surface area contributed by atoms with Crippen LogP contribution in [-0.2, 0) is 6.42 Å². The van der Waals surface area contributed by atoms with E-state index in [-0.39, 0.29) is 23.9 Å². The molecule has 0 radical (unpaired) electrons. The molecule has 1 atom stereocenters. The SMILES string of the molecule is CB(O)NC(Cc1nc(-c2ccc(O)cn2)no1)C(=O)n1[nH]c(=O)c2ccccc21. The van der Waals surface area contributed by atoms with Gasteiger partial charge in [-0.2, -0.15) is 4.98 Å². The number of hydrogen-bond acceptors (Lipinski definition) is 9. The zero-order chi connectivity index (χ0) is 21.3. The van der Waals surface area contributed by atoms with Crippen LogP contribution in [0, 0.1) is 0 Å². The van der Waals surface area contributed by atoms with Crippen LogP contribution in [0.5, 0.6) is 5.75 Å². The minimum atomic E-state index is -1.01. The molecule has 0 amide bonds. The van der Waals surface area contributed by atoms with Crippen LogP contribution in [0.4, 0.5) is 0 Å². The van der Waals surface area contributed by atoms with Crippen molar-refractivity contribution in [2.45, 2.75) is 19.3 Å². The molecule has 0 aliphatic heterocycles. The van der Waals surface area contributed by atoms with Crippen molar-refractivity contribution in [2.75, 3.05) is 0 Å². The van der Waals surface area contributed by atoms with E-state index in [0.29, 0.717) is 16.6 Å². The van der Waals surface area contributed by atoms with Gasteiger partial charge in [-0.1, -0.05) is 17.3 Å². The van der Waals surface area contributed by atoms with Gasteiger partial charge >= 0.3 is 7.05 Å². The number of aromatic hydroxyl groups is 1. The number of aromatic nitrogens is 5. The van der Waals surface area contributed by atoms with Crippen LogP contribution in [0.1, 0.15) is 10.7 Å². The second kappa shape index (κ2) is 7.93. The van der Waals surface area contributed by atoms with Gasteiger partial charge in [0.05, 0.1) is 29.6 Å². The zero-order valence-corrected chi connectivity index (χ0v) is 15.8. The zero-order valence-electron chi connectivity index (χ0n) is 15.8. The third-order valence-electron chi connectivity index (χ3n) is 4.39. The molecule has 3 heterocycles. The molecule has 4 N–H and O–H groups in total. The van der Waals surface area contributed by atoms with E-state index in [1.54, 1.807) is 24.3 Å². The number of carbonyl (C=O) groups excluding carboxylic acids is 1. The van der Waals surface area contributed by atoms with E-state index in [4.69, 9.17) is 4.52 Å². The predicted molar refractivity (Wildman–Crippen MR) is 107 cm³/mol. The summed E-state index contributed by atoms with van der Waals surface area (Å²) in [6, 6.07) is 8.68. The second-order valence-corrected chi connectivity index (χ2v) is 6.64. The Kier molecular flexibility index (Phi) is 5.17. The van der Waals surface area contributed by atoms with Gasteiger partial charge in [0.15, 0.2) is 0 Å². The highest BCUT2D eigenvalue weighted by molar-refractivity contribution is 6.46. The quantitative estimate of drug-likeness (QED) is 0.332. The van der Waals surface area contributed by atoms with E-state index < -0.39 is 24.6 Å². The fourth-order valence-corrected chi connectivity index (χ4v) is 3.06. The van der Waals surface area contributed by atoms with Crippen molar-refractivity contribution in [3.63, 3.8) is 0 Å². The van der Waals surface area contributed by atoms with Gasteiger partial charge < -0.3 is 19.9 Å². The van der Waals surface area contributed by atoms with Crippen LogP contribution in [-0.4, -0.2) is 54.0 Å². The highest BCUT2D eigenvalue weighted by Crippen LogP contribution is 2.17. The standard InChI is InChI=1S/C18H17BN6O5/c1-19(29)22-13(18(28)25-14-5-3-2-4-11(14)17(27)23-25)8-15-21-16(24-30-15)12-7-6-10(26)9-20-12/h2-7,9,13,22,26,29H,8H2,1H3,(H,23,27). The summed E-state index contributed by atoms with van der Waals surface area (Å²) in [5, 5.41) is 28.6. The molecule has 12 heteroatoms. The van der Waals surface area contributed by atoms with Gasteiger partial charge in [0.1, 0.15) is 11.4 Å². The molecule has 0 fully saturated rings. The molecule has 0 bridgehead atoms. The monoisotopic (exact) mass is 408 g/mol. The highest BCUT2D eigenvalue weighted by atomic mass is 16.5. The first-order valence-corrected chi connectivity index (χ1v) is 9.08. The molecule has 152 valence electrons. The number of fused-ring (bicyclic) bond motifs is 1. The average molecular weight is 408 g/mol. The Balaban J connectivity index is 1.62. The van der Waals surface area contributed by atoms with Gasteiger partial charge in [-0.05, 0) is 31.1 Å². The number of aromatic amines is 1. The molecule has 0 saturated heterocycles. The Hall–Kier alpha value is -3.77. The van der Waals surface area contributed by atoms with Gasteiger partial charge in [-0.3, -0.25) is 14.7 Å². The van der Waals surface area contributed by atoms with Crippen molar-refractivity contribution in [3.8, 4) is 17.3 Å². The average Bonchev–Trinajstić information content (AvgIpc) is 3.32. The van der Waals surface area contributed by atoms with Crippen LogP contribution in [0.25, 0.3) is 22.4 Å². The Morgan fingerprint density at radius 1 is 1.33 bits per heavy atom. The maximum Gasteiger partial charge on any atom is 0.374 e. The molecular weight excluding hydrogens is 391 g/mol. The minimum Gasteiger partial charge on any atom is -0.506 e. The minimum absolute atomic E-state index is 0.00204. The lowest BCUT2D eigenvalue weighted by atomic mass is 9.86. The van der Waals surface area contributed by atoms with Crippen molar-refractivity contribution < 1.29 is 19.4 Å². The summed E-state index contributed by atoms with van der Waals surface area (Å²) in [6.07, 6.45) is 1.21. The summed E-state index contributed by atoms with van der Waals surface area (Å²) >= 11 is 0. The van der Waals surface area contributed by atoms with E-state index >= 15 is 0 Å². The van der Waals surface area contributed by atoms with Crippen LogP contribution in [0.2, 0.25) is 6.82 Å². The number of H-pyrrole nitrogens is 1. The van der Waals surface area contributed by atoms with E-state index in [9.17, 15) is 19.7 Å². The van der Waals surface area contributed by atoms with Crippen molar-refractivity contribution in [2.24, 2.45) is 0 Å². The van der Waals surface area contributed by atoms with Crippen molar-refractivity contribution in [1.82, 2.24) is 30.1 Å². The molecule has 0 aliphatic rings. The predicted octanol–water partition coefficient (Wildman–Crippen LogP) is 0.432. The maximum atomic E-state index is 13.1. The lowest BCUT2D eigenvalue weighted by Gasteiger charge is -2.17. The van der Waals surface area contributed by atoms with Gasteiger partial charge in [0.25, 0.3) is 11.5 Å². The van der Waals surface area contributed by atoms with Crippen LogP contribution < -0.4 is 10.8 Å². The smallest absolute Gasteiger partial charge is 0.374 e. The Bertz CT molecular complexity index is 1250. The summed E-state index contributed by atoms with van der Waals surface area (Å²) in [5.74, 6) is -0.183. The number of nitrogens with zero attached hydrogens (tertiary/aromatic N) is 4. The molecule has 3 aromatic heterocycles. The molecule has 30 heavy (non-hydrogen) atoms.